The first kappa shape index (κ1) is 24.1. The lowest BCUT2D eigenvalue weighted by Gasteiger charge is -2.39. The molecule has 0 radical (unpaired) electrons. The van der Waals surface area contributed by atoms with Crippen LogP contribution in [0.3, 0.4) is 0 Å². The smallest absolute Gasteiger partial charge is 0.410 e. The molecule has 1 N–H and O–H groups in total. The van der Waals surface area contributed by atoms with Crippen LogP contribution < -0.4 is 5.32 Å². The molecule has 1 aromatic carbocycles. The van der Waals surface area contributed by atoms with Crippen molar-refractivity contribution in [3.63, 3.8) is 0 Å². The van der Waals surface area contributed by atoms with Crippen molar-refractivity contribution in [2.24, 2.45) is 4.99 Å². The number of hydrogen-bond donors (Lipinski definition) is 1. The van der Waals surface area contributed by atoms with Crippen LogP contribution in [0.2, 0.25) is 0 Å². The molecule has 3 aliphatic heterocycles. The number of aliphatic imine (C=N–C) groups is 1. The number of nitrogens with zero attached hydrogens (tertiary/aromatic N) is 4. The van der Waals surface area contributed by atoms with Crippen LogP contribution in [0, 0.1) is 0 Å². The van der Waals surface area contributed by atoms with Crippen molar-refractivity contribution in [2.45, 2.75) is 51.3 Å². The average Bonchev–Trinajstić information content (AvgIpc) is 3.38. The predicted octanol–water partition coefficient (Wildman–Crippen LogP) is 3.32. The number of ether oxygens (including phenoxy) is 1. The summed E-state index contributed by atoms with van der Waals surface area (Å²) in [6.07, 6.45) is 2.33. The summed E-state index contributed by atoms with van der Waals surface area (Å²) in [5.41, 5.74) is 0.895. The topological polar surface area (TPSA) is 60.4 Å². The van der Waals surface area contributed by atoms with E-state index in [2.05, 4.69) is 45.4 Å². The van der Waals surface area contributed by atoms with Gasteiger partial charge < -0.3 is 19.9 Å². The van der Waals surface area contributed by atoms with E-state index in [1.54, 1.807) is 0 Å². The fraction of sp³-hybridized carbons (Fsp3) is 0.652. The number of hydrogen-bond acceptors (Lipinski definition) is 6. The maximum Gasteiger partial charge on any atom is 0.410 e. The summed E-state index contributed by atoms with van der Waals surface area (Å²) in [5, 5.41) is 3.64. The molecule has 2 saturated heterocycles. The molecule has 0 aliphatic carbocycles. The fourth-order valence-electron chi connectivity index (χ4n) is 4.60. The highest BCUT2D eigenvalue weighted by Gasteiger charge is 2.36. The monoisotopic (exact) mass is 541 g/mol. The minimum Gasteiger partial charge on any atom is -0.444 e. The molecule has 3 heterocycles. The Morgan fingerprint density at radius 1 is 1.16 bits per heavy atom. The van der Waals surface area contributed by atoms with Gasteiger partial charge in [-0.1, -0.05) is 30.3 Å². The number of benzene rings is 1. The summed E-state index contributed by atoms with van der Waals surface area (Å²) in [7, 11) is 0. The third kappa shape index (κ3) is 6.03. The number of guanidine groups is 1. The van der Waals surface area contributed by atoms with E-state index in [1.165, 1.54) is 18.4 Å². The van der Waals surface area contributed by atoms with Crippen molar-refractivity contribution < 1.29 is 9.53 Å². The number of nitrogens with one attached hydrogen (secondary N) is 1. The highest BCUT2D eigenvalue weighted by molar-refractivity contribution is 14.0. The molecule has 0 spiro atoms. The molecule has 8 heteroatoms. The zero-order valence-corrected chi connectivity index (χ0v) is 21.2. The van der Waals surface area contributed by atoms with Crippen LogP contribution >= 0.6 is 24.0 Å². The van der Waals surface area contributed by atoms with E-state index < -0.39 is 5.60 Å². The minimum absolute atomic E-state index is 0. The molecule has 2 unspecified atom stereocenters. The lowest BCUT2D eigenvalue weighted by Crippen LogP contribution is -2.58. The van der Waals surface area contributed by atoms with Crippen LogP contribution in [0.25, 0.3) is 0 Å². The van der Waals surface area contributed by atoms with Gasteiger partial charge in [0, 0.05) is 26.2 Å². The summed E-state index contributed by atoms with van der Waals surface area (Å²) in [4.78, 5) is 23.9. The van der Waals surface area contributed by atoms with Gasteiger partial charge in [0.1, 0.15) is 5.60 Å². The van der Waals surface area contributed by atoms with Gasteiger partial charge in [0.15, 0.2) is 5.96 Å². The number of halogens is 1. The van der Waals surface area contributed by atoms with E-state index in [0.29, 0.717) is 19.1 Å². The number of rotatable bonds is 4. The van der Waals surface area contributed by atoms with Crippen molar-refractivity contribution in [1.82, 2.24) is 20.0 Å². The molecule has 1 amide bonds. The van der Waals surface area contributed by atoms with Gasteiger partial charge in [0.25, 0.3) is 0 Å². The maximum atomic E-state index is 12.4. The van der Waals surface area contributed by atoms with Crippen LogP contribution in [-0.2, 0) is 4.74 Å². The summed E-state index contributed by atoms with van der Waals surface area (Å²) in [5.74, 6) is 0.976. The molecule has 3 aliphatic rings. The van der Waals surface area contributed by atoms with Crippen molar-refractivity contribution >= 4 is 36.0 Å². The van der Waals surface area contributed by atoms with Crippen LogP contribution in [0.5, 0.6) is 0 Å². The van der Waals surface area contributed by atoms with Gasteiger partial charge in [-0.2, -0.15) is 0 Å². The predicted molar refractivity (Wildman–Crippen MR) is 134 cm³/mol. The molecule has 7 nitrogen and oxygen atoms in total. The largest absolute Gasteiger partial charge is 0.444 e. The Kier molecular flexibility index (Phi) is 8.07. The summed E-state index contributed by atoms with van der Waals surface area (Å²) in [6, 6.07) is 11.4. The number of piperazine rings is 1. The fourth-order valence-corrected chi connectivity index (χ4v) is 4.60. The van der Waals surface area contributed by atoms with Gasteiger partial charge in [-0.15, -0.1) is 24.0 Å². The van der Waals surface area contributed by atoms with Crippen molar-refractivity contribution in [2.75, 3.05) is 45.8 Å². The first-order valence-electron chi connectivity index (χ1n) is 11.2. The van der Waals surface area contributed by atoms with Crippen molar-refractivity contribution in [3.8, 4) is 0 Å². The zero-order chi connectivity index (χ0) is 21.1. The molecule has 1 aromatic rings. The molecule has 4 rings (SSSR count). The van der Waals surface area contributed by atoms with E-state index in [-0.39, 0.29) is 36.1 Å². The normalized spacial score (nSPS) is 22.4. The van der Waals surface area contributed by atoms with E-state index in [9.17, 15) is 4.79 Å². The van der Waals surface area contributed by atoms with Crippen molar-refractivity contribution in [3.05, 3.63) is 35.9 Å². The quantitative estimate of drug-likeness (QED) is 0.593. The number of carbonyl (C=O) groups is 1. The van der Waals surface area contributed by atoms with Crippen LogP contribution in [0.1, 0.15) is 45.2 Å². The zero-order valence-electron chi connectivity index (χ0n) is 18.9. The minimum atomic E-state index is -0.463. The molecular weight excluding hydrogens is 505 g/mol. The maximum absolute atomic E-state index is 12.4. The standard InChI is InChI=1S/C23H35N5O2.HI/c1-23(2,3)30-22(29)27-13-14-28-19(17-27)15-24-21(28)25-16-20(26-11-7-8-12-26)18-9-5-4-6-10-18;/h4-6,9-10,19-20H,7-8,11-17H2,1-3H3,(H,24,25);1H. The summed E-state index contributed by atoms with van der Waals surface area (Å²) < 4.78 is 5.55. The Balaban J connectivity index is 0.00000272. The molecule has 0 saturated carbocycles. The van der Waals surface area contributed by atoms with Gasteiger partial charge in [0.2, 0.25) is 0 Å². The Morgan fingerprint density at radius 3 is 2.55 bits per heavy atom. The highest BCUT2D eigenvalue weighted by atomic mass is 127. The second-order valence-corrected chi connectivity index (χ2v) is 9.49. The summed E-state index contributed by atoms with van der Waals surface area (Å²) in [6.45, 7) is 11.7. The van der Waals surface area contributed by atoms with Crippen molar-refractivity contribution in [1.29, 1.82) is 0 Å². The van der Waals surface area contributed by atoms with Gasteiger partial charge in [-0.3, -0.25) is 9.89 Å². The van der Waals surface area contributed by atoms with Crippen LogP contribution in [0.4, 0.5) is 4.79 Å². The van der Waals surface area contributed by atoms with Gasteiger partial charge in [0.05, 0.1) is 18.6 Å². The first-order valence-corrected chi connectivity index (χ1v) is 11.2. The second kappa shape index (κ2) is 10.4. The average molecular weight is 541 g/mol. The lowest BCUT2D eigenvalue weighted by molar-refractivity contribution is 0.0137. The van der Waals surface area contributed by atoms with E-state index >= 15 is 0 Å². The van der Waals surface area contributed by atoms with Crippen LogP contribution in [0.15, 0.2) is 35.3 Å². The Bertz CT molecular complexity index is 761. The highest BCUT2D eigenvalue weighted by Crippen LogP contribution is 2.25. The van der Waals surface area contributed by atoms with Crippen LogP contribution in [-0.4, -0.2) is 84.2 Å². The molecular formula is C23H36IN5O2. The second-order valence-electron chi connectivity index (χ2n) is 9.49. The molecule has 172 valence electrons. The van der Waals surface area contributed by atoms with E-state index in [1.807, 2.05) is 25.7 Å². The number of likely N-dealkylation sites (tertiary alicyclic amines) is 1. The molecule has 2 fully saturated rings. The van der Waals surface area contributed by atoms with E-state index in [4.69, 9.17) is 9.73 Å². The number of carbonyl (C=O) groups excluding carboxylic acids is 1. The number of amides is 1. The Labute approximate surface area is 203 Å². The molecule has 0 bridgehead atoms. The first-order chi connectivity index (χ1) is 14.4. The lowest BCUT2D eigenvalue weighted by atomic mass is 10.1. The van der Waals surface area contributed by atoms with E-state index in [0.717, 1.165) is 38.7 Å². The van der Waals surface area contributed by atoms with Gasteiger partial charge in [-0.25, -0.2) is 4.79 Å². The Morgan fingerprint density at radius 2 is 1.87 bits per heavy atom. The van der Waals surface area contributed by atoms with Gasteiger partial charge in [-0.05, 0) is 52.3 Å². The third-order valence-electron chi connectivity index (χ3n) is 6.08. The number of fused-ring (bicyclic) bond motifs is 1. The Hall–Kier alpha value is -1.55. The summed E-state index contributed by atoms with van der Waals surface area (Å²) >= 11 is 0. The van der Waals surface area contributed by atoms with Gasteiger partial charge >= 0.3 is 6.09 Å². The molecule has 0 aromatic heterocycles. The molecule has 2 atom stereocenters. The SMILES string of the molecule is CC(C)(C)OC(=O)N1CCN2C(NCC(c3ccccc3)N3CCCC3)=NCC2C1.I. The third-order valence-corrected chi connectivity index (χ3v) is 6.08. The molecule has 31 heavy (non-hydrogen) atoms.